The molecule has 2 saturated heterocycles. The van der Waals surface area contributed by atoms with Crippen molar-refractivity contribution in [3.8, 4) is 0 Å². The number of aliphatic hydroxyl groups excluding tert-OH is 1. The molecule has 3 heterocycles. The number of piperazine rings is 1. The van der Waals surface area contributed by atoms with Gasteiger partial charge in [-0.1, -0.05) is 12.1 Å². The van der Waals surface area contributed by atoms with Gasteiger partial charge >= 0.3 is 0 Å². The quantitative estimate of drug-likeness (QED) is 0.919. The van der Waals surface area contributed by atoms with E-state index in [0.717, 1.165) is 38.1 Å². The molecule has 4 nitrogen and oxygen atoms in total. The van der Waals surface area contributed by atoms with E-state index in [-0.39, 0.29) is 6.10 Å². The molecule has 0 unspecified atom stereocenters. The number of hydrogen-bond donors (Lipinski definition) is 1. The fourth-order valence-corrected chi connectivity index (χ4v) is 3.95. The maximum absolute atomic E-state index is 9.87. The van der Waals surface area contributed by atoms with Crippen molar-refractivity contribution in [1.29, 1.82) is 0 Å². The van der Waals surface area contributed by atoms with Crippen LogP contribution in [-0.4, -0.2) is 57.7 Å². The van der Waals surface area contributed by atoms with Crippen molar-refractivity contribution < 1.29 is 5.11 Å². The van der Waals surface area contributed by atoms with Gasteiger partial charge in [0.2, 0.25) is 0 Å². The van der Waals surface area contributed by atoms with E-state index in [0.29, 0.717) is 12.1 Å². The summed E-state index contributed by atoms with van der Waals surface area (Å²) in [5, 5.41) is 11.1. The lowest BCUT2D eigenvalue weighted by atomic mass is 10.1. The van der Waals surface area contributed by atoms with Crippen LogP contribution in [0.1, 0.15) is 18.9 Å². The molecule has 3 atom stereocenters. The monoisotopic (exact) mass is 297 g/mol. The lowest BCUT2D eigenvalue weighted by Crippen LogP contribution is -2.54. The molecule has 0 saturated carbocycles. The van der Waals surface area contributed by atoms with Gasteiger partial charge in [0.05, 0.1) is 11.6 Å². The zero-order valence-electron chi connectivity index (χ0n) is 13.0. The van der Waals surface area contributed by atoms with E-state index in [2.05, 4.69) is 46.0 Å². The number of fused-ring (bicyclic) bond motifs is 2. The fourth-order valence-electron chi connectivity index (χ4n) is 3.95. The number of nitrogens with zero attached hydrogens (tertiary/aromatic N) is 3. The van der Waals surface area contributed by atoms with E-state index in [9.17, 15) is 5.11 Å². The Kier molecular flexibility index (Phi) is 3.60. The highest BCUT2D eigenvalue weighted by atomic mass is 16.3. The molecular formula is C18H23N3O. The molecule has 2 aliphatic heterocycles. The summed E-state index contributed by atoms with van der Waals surface area (Å²) >= 11 is 0. The normalized spacial score (nSPS) is 29.8. The predicted molar refractivity (Wildman–Crippen MR) is 87.6 cm³/mol. The van der Waals surface area contributed by atoms with Crippen molar-refractivity contribution in [3.05, 3.63) is 42.1 Å². The molecule has 0 radical (unpaired) electrons. The molecule has 4 heteroatoms. The largest absolute Gasteiger partial charge is 0.392 e. The molecule has 22 heavy (non-hydrogen) atoms. The van der Waals surface area contributed by atoms with Crippen LogP contribution in [0.25, 0.3) is 10.9 Å². The zero-order valence-corrected chi connectivity index (χ0v) is 13.0. The van der Waals surface area contributed by atoms with Crippen LogP contribution in [0.3, 0.4) is 0 Å². The first-order valence-electron chi connectivity index (χ1n) is 8.19. The molecule has 2 fully saturated rings. The predicted octanol–water partition coefficient (Wildman–Crippen LogP) is 1.87. The maximum atomic E-state index is 9.87. The standard InChI is InChI=1S/C18H23N3O/c1-13-9-21-12-17(22)8-16(21)11-20(13)10-14-4-5-18-15(7-14)3-2-6-19-18/h2-7,13,16-17,22H,8-12H2,1H3/t13-,16+,17+/m0/s1. The van der Waals surface area contributed by atoms with Crippen LogP contribution in [0.5, 0.6) is 0 Å². The first-order chi connectivity index (χ1) is 10.7. The minimum atomic E-state index is -0.135. The molecule has 116 valence electrons. The minimum absolute atomic E-state index is 0.135. The lowest BCUT2D eigenvalue weighted by Gasteiger charge is -2.42. The fraction of sp³-hybridized carbons (Fsp3) is 0.500. The second-order valence-corrected chi connectivity index (χ2v) is 6.81. The van der Waals surface area contributed by atoms with Crippen molar-refractivity contribution in [2.45, 2.75) is 38.1 Å². The summed E-state index contributed by atoms with van der Waals surface area (Å²) < 4.78 is 0. The number of aliphatic hydroxyl groups is 1. The lowest BCUT2D eigenvalue weighted by molar-refractivity contribution is 0.0529. The summed E-state index contributed by atoms with van der Waals surface area (Å²) in [7, 11) is 0. The molecule has 2 aliphatic rings. The van der Waals surface area contributed by atoms with Gasteiger partial charge in [0.1, 0.15) is 0 Å². The van der Waals surface area contributed by atoms with Gasteiger partial charge in [-0.3, -0.25) is 14.8 Å². The van der Waals surface area contributed by atoms with Crippen molar-refractivity contribution in [3.63, 3.8) is 0 Å². The molecule has 1 N–H and O–H groups in total. The third-order valence-corrected chi connectivity index (χ3v) is 5.13. The van der Waals surface area contributed by atoms with Gasteiger partial charge in [0.15, 0.2) is 0 Å². The van der Waals surface area contributed by atoms with E-state index < -0.39 is 0 Å². The van der Waals surface area contributed by atoms with E-state index in [4.69, 9.17) is 0 Å². The van der Waals surface area contributed by atoms with Gasteiger partial charge in [-0.15, -0.1) is 0 Å². The summed E-state index contributed by atoms with van der Waals surface area (Å²) in [4.78, 5) is 9.39. The van der Waals surface area contributed by atoms with Crippen LogP contribution in [0.2, 0.25) is 0 Å². The summed E-state index contributed by atoms with van der Waals surface area (Å²) in [6, 6.07) is 11.7. The summed E-state index contributed by atoms with van der Waals surface area (Å²) in [5.74, 6) is 0. The smallest absolute Gasteiger partial charge is 0.0702 e. The van der Waals surface area contributed by atoms with Gasteiger partial charge in [0.25, 0.3) is 0 Å². The number of aromatic nitrogens is 1. The highest BCUT2D eigenvalue weighted by molar-refractivity contribution is 5.78. The summed E-state index contributed by atoms with van der Waals surface area (Å²) in [5.41, 5.74) is 2.40. The molecular weight excluding hydrogens is 274 g/mol. The van der Waals surface area contributed by atoms with E-state index >= 15 is 0 Å². The van der Waals surface area contributed by atoms with Crippen LogP contribution in [0.4, 0.5) is 0 Å². The van der Waals surface area contributed by atoms with Gasteiger partial charge in [0, 0.05) is 49.8 Å². The maximum Gasteiger partial charge on any atom is 0.0702 e. The van der Waals surface area contributed by atoms with Crippen molar-refractivity contribution >= 4 is 10.9 Å². The third kappa shape index (κ3) is 2.62. The Bertz CT molecular complexity index is 674. The van der Waals surface area contributed by atoms with Crippen molar-refractivity contribution in [2.24, 2.45) is 0 Å². The topological polar surface area (TPSA) is 39.6 Å². The molecule has 0 bridgehead atoms. The van der Waals surface area contributed by atoms with Gasteiger partial charge < -0.3 is 5.11 Å². The van der Waals surface area contributed by atoms with E-state index in [1.54, 1.807) is 0 Å². The van der Waals surface area contributed by atoms with Crippen LogP contribution in [-0.2, 0) is 6.54 Å². The first kappa shape index (κ1) is 14.1. The Balaban J connectivity index is 1.51. The molecule has 0 spiro atoms. The van der Waals surface area contributed by atoms with E-state index in [1.165, 1.54) is 10.9 Å². The Morgan fingerprint density at radius 2 is 2.14 bits per heavy atom. The average Bonchev–Trinajstić information content (AvgIpc) is 2.86. The Hall–Kier alpha value is -1.49. The molecule has 2 aromatic rings. The van der Waals surface area contributed by atoms with Gasteiger partial charge in [-0.05, 0) is 37.1 Å². The Labute approximate surface area is 131 Å². The number of pyridine rings is 1. The Morgan fingerprint density at radius 1 is 1.23 bits per heavy atom. The minimum Gasteiger partial charge on any atom is -0.392 e. The average molecular weight is 297 g/mol. The first-order valence-corrected chi connectivity index (χ1v) is 8.19. The summed E-state index contributed by atoms with van der Waals surface area (Å²) in [6.07, 6.45) is 2.63. The summed E-state index contributed by atoms with van der Waals surface area (Å²) in [6.45, 7) is 6.25. The molecule has 1 aromatic heterocycles. The molecule has 1 aromatic carbocycles. The third-order valence-electron chi connectivity index (χ3n) is 5.13. The second kappa shape index (κ2) is 5.61. The van der Waals surface area contributed by atoms with Gasteiger partial charge in [-0.2, -0.15) is 0 Å². The highest BCUT2D eigenvalue weighted by Gasteiger charge is 2.37. The number of hydrogen-bond acceptors (Lipinski definition) is 4. The number of rotatable bonds is 2. The highest BCUT2D eigenvalue weighted by Crippen LogP contribution is 2.26. The Morgan fingerprint density at radius 3 is 3.05 bits per heavy atom. The molecule has 4 rings (SSSR count). The van der Waals surface area contributed by atoms with Crippen LogP contribution >= 0.6 is 0 Å². The van der Waals surface area contributed by atoms with Gasteiger partial charge in [-0.25, -0.2) is 0 Å². The molecule has 0 amide bonds. The number of benzene rings is 1. The molecule has 0 aliphatic carbocycles. The van der Waals surface area contributed by atoms with Crippen molar-refractivity contribution in [2.75, 3.05) is 19.6 Å². The van der Waals surface area contributed by atoms with E-state index in [1.807, 2.05) is 12.3 Å². The van der Waals surface area contributed by atoms with Crippen molar-refractivity contribution in [1.82, 2.24) is 14.8 Å². The zero-order chi connectivity index (χ0) is 15.1. The second-order valence-electron chi connectivity index (χ2n) is 6.81. The van der Waals surface area contributed by atoms with Crippen LogP contribution < -0.4 is 0 Å². The van der Waals surface area contributed by atoms with Crippen LogP contribution in [0.15, 0.2) is 36.5 Å². The SMILES string of the molecule is C[C@H]1CN2C[C@H](O)C[C@@H]2CN1Cc1ccc2ncccc2c1. The van der Waals surface area contributed by atoms with Crippen LogP contribution in [0, 0.1) is 0 Å².